The summed E-state index contributed by atoms with van der Waals surface area (Å²) in [4.78, 5) is 13.1. The van der Waals surface area contributed by atoms with E-state index in [1.807, 2.05) is 55.7 Å². The zero-order valence-corrected chi connectivity index (χ0v) is 16.5. The summed E-state index contributed by atoms with van der Waals surface area (Å²) in [5.41, 5.74) is 2.69. The van der Waals surface area contributed by atoms with Crippen molar-refractivity contribution in [2.45, 2.75) is 13.5 Å². The van der Waals surface area contributed by atoms with Crippen LogP contribution < -0.4 is 5.32 Å². The number of halogens is 1. The van der Waals surface area contributed by atoms with E-state index in [9.17, 15) is 9.18 Å². The lowest BCUT2D eigenvalue weighted by Crippen LogP contribution is -2.15. The Balaban J connectivity index is 1.67. The Morgan fingerprint density at radius 2 is 1.87 bits per heavy atom. The monoisotopic (exact) mass is 404 g/mol. The molecule has 152 valence electrons. The van der Waals surface area contributed by atoms with Crippen molar-refractivity contribution < 1.29 is 13.9 Å². The summed E-state index contributed by atoms with van der Waals surface area (Å²) in [5, 5.41) is 7.32. The van der Waals surface area contributed by atoms with Gasteiger partial charge in [0.25, 0.3) is 5.91 Å². The van der Waals surface area contributed by atoms with Crippen molar-refractivity contribution in [2.75, 3.05) is 11.9 Å². The molecule has 1 N–H and O–H groups in total. The van der Waals surface area contributed by atoms with E-state index in [1.54, 1.807) is 21.4 Å². The first-order valence-corrected chi connectivity index (χ1v) is 9.61. The normalized spacial score (nSPS) is 10.9. The van der Waals surface area contributed by atoms with Crippen molar-refractivity contribution in [2.24, 2.45) is 0 Å². The Morgan fingerprint density at radius 1 is 1.10 bits per heavy atom. The van der Waals surface area contributed by atoms with E-state index in [-0.39, 0.29) is 11.7 Å². The van der Waals surface area contributed by atoms with Gasteiger partial charge in [-0.05, 0) is 61.0 Å². The summed E-state index contributed by atoms with van der Waals surface area (Å²) in [6.45, 7) is 3.05. The van der Waals surface area contributed by atoms with Gasteiger partial charge in [0.2, 0.25) is 0 Å². The van der Waals surface area contributed by atoms with E-state index in [0.717, 1.165) is 5.56 Å². The number of carbonyl (C=O) groups is 1. The summed E-state index contributed by atoms with van der Waals surface area (Å²) < 4.78 is 22.2. The molecule has 0 aliphatic heterocycles. The van der Waals surface area contributed by atoms with Gasteiger partial charge < -0.3 is 14.6 Å². The van der Waals surface area contributed by atoms with Gasteiger partial charge in [-0.1, -0.05) is 12.1 Å². The van der Waals surface area contributed by atoms with Crippen LogP contribution in [-0.4, -0.2) is 26.9 Å². The van der Waals surface area contributed by atoms with E-state index < -0.39 is 0 Å². The van der Waals surface area contributed by atoms with E-state index in [1.165, 1.54) is 18.3 Å². The maximum absolute atomic E-state index is 13.4. The average molecular weight is 404 g/mol. The molecule has 1 amide bonds. The van der Waals surface area contributed by atoms with Crippen LogP contribution in [0.5, 0.6) is 0 Å². The van der Waals surface area contributed by atoms with Crippen molar-refractivity contribution in [3.05, 3.63) is 96.2 Å². The molecule has 2 aromatic carbocycles. The van der Waals surface area contributed by atoms with Gasteiger partial charge in [0.15, 0.2) is 5.82 Å². The minimum atomic E-state index is -0.335. The Bertz CT molecular complexity index is 1130. The molecule has 4 rings (SSSR count). The van der Waals surface area contributed by atoms with Crippen LogP contribution in [0, 0.1) is 5.82 Å². The van der Waals surface area contributed by atoms with E-state index in [4.69, 9.17) is 4.74 Å². The van der Waals surface area contributed by atoms with Gasteiger partial charge in [-0.2, -0.15) is 5.10 Å². The van der Waals surface area contributed by atoms with Crippen molar-refractivity contribution in [3.8, 4) is 11.5 Å². The Hall–Kier alpha value is -3.71. The van der Waals surface area contributed by atoms with Crippen molar-refractivity contribution >= 4 is 11.6 Å². The molecule has 2 heterocycles. The van der Waals surface area contributed by atoms with E-state index in [0.29, 0.717) is 36.0 Å². The van der Waals surface area contributed by atoms with Crippen LogP contribution in [0.4, 0.5) is 10.1 Å². The minimum absolute atomic E-state index is 0.291. The summed E-state index contributed by atoms with van der Waals surface area (Å²) in [5.74, 6) is -0.0616. The number of ether oxygens (including phenoxy) is 1. The molecule has 0 saturated heterocycles. The number of carbonyl (C=O) groups excluding carboxylic acids is 1. The molecule has 4 aromatic rings. The third-order valence-electron chi connectivity index (χ3n) is 4.57. The molecule has 0 radical (unpaired) electrons. The van der Waals surface area contributed by atoms with Crippen LogP contribution in [0.2, 0.25) is 0 Å². The molecular weight excluding hydrogens is 383 g/mol. The number of aromatic nitrogens is 3. The minimum Gasteiger partial charge on any atom is -0.377 e. The molecule has 7 heteroatoms. The topological polar surface area (TPSA) is 61.1 Å². The van der Waals surface area contributed by atoms with Crippen LogP contribution in [0.3, 0.4) is 0 Å². The summed E-state index contributed by atoms with van der Waals surface area (Å²) >= 11 is 0. The summed E-state index contributed by atoms with van der Waals surface area (Å²) in [6.07, 6.45) is 5.17. The fraction of sp³-hybridized carbons (Fsp3) is 0.130. The first kappa shape index (κ1) is 19.6. The zero-order valence-electron chi connectivity index (χ0n) is 16.5. The number of hydrogen-bond acceptors (Lipinski definition) is 3. The number of hydrogen-bond donors (Lipinski definition) is 1. The number of benzene rings is 2. The SMILES string of the molecule is CCOCc1cccc(NC(=O)c2cnn(-c3ccc(F)cc3)c2-n2cccc2)c1. The van der Waals surface area contributed by atoms with Gasteiger partial charge in [0.05, 0.1) is 18.5 Å². The highest BCUT2D eigenvalue weighted by atomic mass is 19.1. The van der Waals surface area contributed by atoms with Crippen LogP contribution in [0.15, 0.2) is 79.3 Å². The molecule has 2 aromatic heterocycles. The zero-order chi connectivity index (χ0) is 20.9. The van der Waals surface area contributed by atoms with Crippen molar-refractivity contribution in [3.63, 3.8) is 0 Å². The van der Waals surface area contributed by atoms with Crippen molar-refractivity contribution in [1.82, 2.24) is 14.3 Å². The second kappa shape index (κ2) is 8.75. The number of nitrogens with zero attached hydrogens (tertiary/aromatic N) is 3. The van der Waals surface area contributed by atoms with Crippen LogP contribution >= 0.6 is 0 Å². The summed E-state index contributed by atoms with van der Waals surface area (Å²) in [6, 6.07) is 17.2. The quantitative estimate of drug-likeness (QED) is 0.490. The first-order chi connectivity index (χ1) is 14.7. The Morgan fingerprint density at radius 3 is 2.60 bits per heavy atom. The molecule has 30 heavy (non-hydrogen) atoms. The second-order valence-electron chi connectivity index (χ2n) is 6.65. The Labute approximate surface area is 173 Å². The molecule has 0 atom stereocenters. The first-order valence-electron chi connectivity index (χ1n) is 9.61. The number of nitrogens with one attached hydrogen (secondary N) is 1. The van der Waals surface area contributed by atoms with Gasteiger partial charge in [0, 0.05) is 24.7 Å². The lowest BCUT2D eigenvalue weighted by Gasteiger charge is -2.12. The van der Waals surface area contributed by atoms with Crippen LogP contribution in [0.1, 0.15) is 22.8 Å². The van der Waals surface area contributed by atoms with Gasteiger partial charge in [-0.25, -0.2) is 9.07 Å². The van der Waals surface area contributed by atoms with E-state index >= 15 is 0 Å². The molecule has 6 nitrogen and oxygen atoms in total. The molecule has 0 saturated carbocycles. The maximum Gasteiger partial charge on any atom is 0.261 e. The molecule has 0 aliphatic rings. The molecule has 0 unspecified atom stereocenters. The standard InChI is InChI=1S/C23H21FN4O2/c1-2-30-16-17-6-5-7-19(14-17)26-22(29)21-15-25-28(20-10-8-18(24)9-11-20)23(21)27-12-3-4-13-27/h3-15H,2,16H2,1H3,(H,26,29). The predicted molar refractivity (Wildman–Crippen MR) is 113 cm³/mol. The summed E-state index contributed by atoms with van der Waals surface area (Å²) in [7, 11) is 0. The molecule has 0 spiro atoms. The van der Waals surface area contributed by atoms with Crippen molar-refractivity contribution in [1.29, 1.82) is 0 Å². The average Bonchev–Trinajstić information content (AvgIpc) is 3.42. The lowest BCUT2D eigenvalue weighted by molar-refractivity contribution is 0.102. The third-order valence-corrected chi connectivity index (χ3v) is 4.57. The second-order valence-corrected chi connectivity index (χ2v) is 6.65. The molecule has 0 bridgehead atoms. The number of rotatable bonds is 7. The maximum atomic E-state index is 13.4. The molecular formula is C23H21FN4O2. The van der Waals surface area contributed by atoms with Gasteiger partial charge in [-0.3, -0.25) is 4.79 Å². The molecule has 0 fully saturated rings. The van der Waals surface area contributed by atoms with E-state index in [2.05, 4.69) is 10.4 Å². The number of anilines is 1. The van der Waals surface area contributed by atoms with Crippen LogP contribution in [-0.2, 0) is 11.3 Å². The van der Waals surface area contributed by atoms with Crippen LogP contribution in [0.25, 0.3) is 11.5 Å². The Kier molecular flexibility index (Phi) is 5.72. The smallest absolute Gasteiger partial charge is 0.261 e. The van der Waals surface area contributed by atoms with Gasteiger partial charge in [0.1, 0.15) is 11.4 Å². The number of amides is 1. The largest absolute Gasteiger partial charge is 0.377 e. The highest BCUT2D eigenvalue weighted by Crippen LogP contribution is 2.22. The predicted octanol–water partition coefficient (Wildman–Crippen LogP) is 4.59. The molecule has 0 aliphatic carbocycles. The fourth-order valence-electron chi connectivity index (χ4n) is 3.15. The van der Waals surface area contributed by atoms with Gasteiger partial charge in [-0.15, -0.1) is 0 Å². The highest BCUT2D eigenvalue weighted by Gasteiger charge is 2.20. The third kappa shape index (κ3) is 4.16. The van der Waals surface area contributed by atoms with Gasteiger partial charge >= 0.3 is 0 Å². The lowest BCUT2D eigenvalue weighted by atomic mass is 10.2. The fourth-order valence-corrected chi connectivity index (χ4v) is 3.15. The highest BCUT2D eigenvalue weighted by molar-refractivity contribution is 6.06.